The third-order valence-electron chi connectivity index (χ3n) is 2.93. The van der Waals surface area contributed by atoms with Crippen molar-refractivity contribution in [3.63, 3.8) is 0 Å². The van der Waals surface area contributed by atoms with E-state index in [1.807, 2.05) is 0 Å². The first kappa shape index (κ1) is 14.9. The van der Waals surface area contributed by atoms with Gasteiger partial charge in [-0.1, -0.05) is 18.2 Å². The molecule has 23 heavy (non-hydrogen) atoms. The van der Waals surface area contributed by atoms with Gasteiger partial charge < -0.3 is 4.74 Å². The molecule has 3 aromatic rings. The van der Waals surface area contributed by atoms with Crippen molar-refractivity contribution in [2.75, 3.05) is 7.11 Å². The molecule has 0 aliphatic rings. The van der Waals surface area contributed by atoms with Crippen molar-refractivity contribution in [1.29, 1.82) is 0 Å². The minimum atomic E-state index is -4.71. The van der Waals surface area contributed by atoms with Crippen LogP contribution >= 0.6 is 0 Å². The van der Waals surface area contributed by atoms with E-state index in [4.69, 9.17) is 0 Å². The van der Waals surface area contributed by atoms with Crippen LogP contribution in [-0.2, 0) is 6.18 Å². The molecule has 2 heterocycles. The fourth-order valence-electron chi connectivity index (χ4n) is 1.94. The van der Waals surface area contributed by atoms with Crippen LogP contribution in [0, 0.1) is 0 Å². The van der Waals surface area contributed by atoms with Crippen molar-refractivity contribution < 1.29 is 17.9 Å². The van der Waals surface area contributed by atoms with Gasteiger partial charge >= 0.3 is 12.2 Å². The third-order valence-corrected chi connectivity index (χ3v) is 2.93. The number of aromatic nitrogens is 6. The van der Waals surface area contributed by atoms with Crippen molar-refractivity contribution in [2.24, 2.45) is 0 Å². The zero-order valence-electron chi connectivity index (χ0n) is 11.7. The summed E-state index contributed by atoms with van der Waals surface area (Å²) < 4.78 is 45.6. The van der Waals surface area contributed by atoms with Crippen LogP contribution in [-0.4, -0.2) is 37.3 Å². The molecule has 0 bridgehead atoms. The molecule has 0 amide bonds. The number of rotatable bonds is 3. The molecule has 7 nitrogen and oxygen atoms in total. The summed E-state index contributed by atoms with van der Waals surface area (Å²) in [5.41, 5.74) is -1.00. The van der Waals surface area contributed by atoms with Gasteiger partial charge in [0, 0.05) is 6.20 Å². The van der Waals surface area contributed by atoms with Crippen LogP contribution in [0.3, 0.4) is 0 Å². The van der Waals surface area contributed by atoms with E-state index in [0.717, 1.165) is 6.20 Å². The number of benzene rings is 1. The van der Waals surface area contributed by atoms with Crippen LogP contribution in [0.2, 0.25) is 0 Å². The van der Waals surface area contributed by atoms with E-state index in [9.17, 15) is 13.2 Å². The lowest BCUT2D eigenvalue weighted by molar-refractivity contribution is -0.141. The fraction of sp³-hybridized carbons (Fsp3) is 0.154. The molecule has 0 atom stereocenters. The molecule has 10 heteroatoms. The standard InChI is InChI=1S/C13H9F3N6O/c1-23-12-17-7-9(10(18-12)13(14,15)16)11-19-20-21-22(11)8-5-3-2-4-6-8/h2-7H,1H3. The summed E-state index contributed by atoms with van der Waals surface area (Å²) in [5, 5.41) is 10.9. The highest BCUT2D eigenvalue weighted by Crippen LogP contribution is 2.35. The first-order valence-corrected chi connectivity index (χ1v) is 6.33. The van der Waals surface area contributed by atoms with Crippen molar-refractivity contribution in [3.05, 3.63) is 42.2 Å². The van der Waals surface area contributed by atoms with Crippen LogP contribution in [0.25, 0.3) is 17.1 Å². The highest BCUT2D eigenvalue weighted by molar-refractivity contribution is 5.60. The largest absolute Gasteiger partial charge is 0.467 e. The van der Waals surface area contributed by atoms with E-state index < -0.39 is 11.9 Å². The summed E-state index contributed by atoms with van der Waals surface area (Å²) in [6, 6.07) is 8.14. The molecule has 0 spiro atoms. The SMILES string of the molecule is COc1ncc(-c2nnnn2-c2ccccc2)c(C(F)(F)F)n1. The molecule has 0 radical (unpaired) electrons. The van der Waals surface area contributed by atoms with Gasteiger partial charge in [-0.2, -0.15) is 22.8 Å². The molecule has 3 rings (SSSR count). The Morgan fingerprint density at radius 1 is 1.13 bits per heavy atom. The van der Waals surface area contributed by atoms with Gasteiger partial charge in [-0.3, -0.25) is 0 Å². The van der Waals surface area contributed by atoms with Gasteiger partial charge in [0.25, 0.3) is 0 Å². The van der Waals surface area contributed by atoms with Crippen LogP contribution in [0.1, 0.15) is 5.69 Å². The lowest BCUT2D eigenvalue weighted by Gasteiger charge is -2.12. The van der Waals surface area contributed by atoms with Gasteiger partial charge in [-0.15, -0.1) is 5.10 Å². The number of nitrogens with zero attached hydrogens (tertiary/aromatic N) is 6. The Labute approximate surface area is 127 Å². The van der Waals surface area contributed by atoms with Crippen molar-refractivity contribution in [3.8, 4) is 23.1 Å². The highest BCUT2D eigenvalue weighted by Gasteiger charge is 2.38. The first-order chi connectivity index (χ1) is 11.0. The zero-order chi connectivity index (χ0) is 16.4. The first-order valence-electron chi connectivity index (χ1n) is 6.33. The van der Waals surface area contributed by atoms with E-state index in [1.165, 1.54) is 11.8 Å². The summed E-state index contributed by atoms with van der Waals surface area (Å²) >= 11 is 0. The van der Waals surface area contributed by atoms with Crippen LogP contribution in [0.15, 0.2) is 36.5 Å². The number of tetrazole rings is 1. The second-order valence-corrected chi connectivity index (χ2v) is 4.37. The number of halogens is 3. The Morgan fingerprint density at radius 3 is 2.52 bits per heavy atom. The number of hydrogen-bond acceptors (Lipinski definition) is 6. The zero-order valence-corrected chi connectivity index (χ0v) is 11.7. The van der Waals surface area contributed by atoms with Crippen LogP contribution < -0.4 is 4.74 Å². The average molecular weight is 322 g/mol. The highest BCUT2D eigenvalue weighted by atomic mass is 19.4. The second kappa shape index (κ2) is 5.63. The number of methoxy groups -OCH3 is 1. The Hall–Kier alpha value is -3.04. The van der Waals surface area contributed by atoms with Gasteiger partial charge in [-0.25, -0.2) is 4.98 Å². The average Bonchev–Trinajstić information content (AvgIpc) is 3.03. The van der Waals surface area contributed by atoms with Crippen LogP contribution in [0.5, 0.6) is 6.01 Å². The Balaban J connectivity index is 2.19. The van der Waals surface area contributed by atoms with Crippen LogP contribution in [0.4, 0.5) is 13.2 Å². The van der Waals surface area contributed by atoms with Gasteiger partial charge in [0.15, 0.2) is 11.5 Å². The summed E-state index contributed by atoms with van der Waals surface area (Å²) in [6.45, 7) is 0. The van der Waals surface area contributed by atoms with Gasteiger partial charge in [0.2, 0.25) is 0 Å². The quantitative estimate of drug-likeness (QED) is 0.735. The minimum absolute atomic E-state index is 0.119. The van der Waals surface area contributed by atoms with E-state index in [-0.39, 0.29) is 17.4 Å². The van der Waals surface area contributed by atoms with Gasteiger partial charge in [0.05, 0.1) is 18.4 Å². The topological polar surface area (TPSA) is 78.6 Å². The predicted octanol–water partition coefficient (Wildman–Crippen LogP) is 2.15. The molecule has 0 N–H and O–H groups in total. The third kappa shape index (κ3) is 2.82. The lowest BCUT2D eigenvalue weighted by atomic mass is 10.2. The maximum atomic E-state index is 13.3. The maximum Gasteiger partial charge on any atom is 0.434 e. The van der Waals surface area contributed by atoms with E-state index >= 15 is 0 Å². The van der Waals surface area contributed by atoms with Gasteiger partial charge in [0.1, 0.15) is 0 Å². The van der Waals surface area contributed by atoms with Crippen molar-refractivity contribution >= 4 is 0 Å². The molecule has 0 aliphatic carbocycles. The van der Waals surface area contributed by atoms with E-state index in [0.29, 0.717) is 5.69 Å². The lowest BCUT2D eigenvalue weighted by Crippen LogP contribution is -2.13. The maximum absolute atomic E-state index is 13.3. The number of alkyl halides is 3. The van der Waals surface area contributed by atoms with E-state index in [1.54, 1.807) is 30.3 Å². The molecule has 118 valence electrons. The molecule has 0 unspecified atom stereocenters. The summed E-state index contributed by atoms with van der Waals surface area (Å²) in [5.74, 6) is -0.119. The Morgan fingerprint density at radius 2 is 1.87 bits per heavy atom. The molecule has 1 aromatic carbocycles. The smallest absolute Gasteiger partial charge is 0.434 e. The minimum Gasteiger partial charge on any atom is -0.467 e. The monoisotopic (exact) mass is 322 g/mol. The molecule has 0 aliphatic heterocycles. The molecule has 2 aromatic heterocycles. The fourth-order valence-corrected chi connectivity index (χ4v) is 1.94. The van der Waals surface area contributed by atoms with Crippen molar-refractivity contribution in [1.82, 2.24) is 30.2 Å². The van der Waals surface area contributed by atoms with Gasteiger partial charge in [-0.05, 0) is 22.6 Å². The summed E-state index contributed by atoms with van der Waals surface area (Å²) in [4.78, 5) is 7.11. The summed E-state index contributed by atoms with van der Waals surface area (Å²) in [7, 11) is 1.18. The molecular weight excluding hydrogens is 313 g/mol. The van der Waals surface area contributed by atoms with E-state index in [2.05, 4.69) is 30.2 Å². The molecule has 0 saturated heterocycles. The molecule has 0 saturated carbocycles. The normalized spacial score (nSPS) is 11.5. The molecule has 0 fully saturated rings. The second-order valence-electron chi connectivity index (χ2n) is 4.37. The Kier molecular flexibility index (Phi) is 3.64. The van der Waals surface area contributed by atoms with Crippen molar-refractivity contribution in [2.45, 2.75) is 6.18 Å². The summed E-state index contributed by atoms with van der Waals surface area (Å²) in [6.07, 6.45) is -3.72. The Bertz CT molecular complexity index is 818. The number of hydrogen-bond donors (Lipinski definition) is 0. The molecular formula is C13H9F3N6O. The predicted molar refractivity (Wildman–Crippen MR) is 71.7 cm³/mol. The number of para-hydroxylation sites is 1. The number of ether oxygens (including phenoxy) is 1.